The summed E-state index contributed by atoms with van der Waals surface area (Å²) < 4.78 is 0. The number of carbonyl (C=O) groups excluding carboxylic acids is 2. The molecule has 2 heterocycles. The number of pyridine rings is 1. The SMILES string of the molecule is CC1CC(=O)N(C(c2ccccc2)c2ccccn2)C1=O. The van der Waals surface area contributed by atoms with E-state index in [9.17, 15) is 9.59 Å². The summed E-state index contributed by atoms with van der Waals surface area (Å²) in [6.07, 6.45) is 1.95. The average molecular weight is 280 g/mol. The molecule has 0 aliphatic carbocycles. The number of benzene rings is 1. The lowest BCUT2D eigenvalue weighted by Crippen LogP contribution is -2.35. The zero-order valence-electron chi connectivity index (χ0n) is 11.8. The number of carbonyl (C=O) groups is 2. The van der Waals surface area contributed by atoms with Gasteiger partial charge in [0, 0.05) is 18.5 Å². The van der Waals surface area contributed by atoms with E-state index in [0.717, 1.165) is 5.56 Å². The molecule has 2 unspecified atom stereocenters. The standard InChI is InChI=1S/C17H16N2O2/c1-12-11-15(20)19(17(12)21)16(13-7-3-2-4-8-13)14-9-5-6-10-18-14/h2-10,12,16H,11H2,1H3. The van der Waals surface area contributed by atoms with Crippen LogP contribution < -0.4 is 0 Å². The van der Waals surface area contributed by atoms with Gasteiger partial charge >= 0.3 is 0 Å². The first kappa shape index (κ1) is 13.5. The first-order valence-corrected chi connectivity index (χ1v) is 7.00. The third kappa shape index (κ3) is 2.44. The topological polar surface area (TPSA) is 50.3 Å². The second-order valence-electron chi connectivity index (χ2n) is 5.27. The predicted octanol–water partition coefficient (Wildman–Crippen LogP) is 2.57. The van der Waals surface area contributed by atoms with Gasteiger partial charge in [-0.1, -0.05) is 43.3 Å². The number of hydrogen-bond acceptors (Lipinski definition) is 3. The lowest BCUT2D eigenvalue weighted by Gasteiger charge is -2.26. The Balaban J connectivity index is 2.09. The first-order valence-electron chi connectivity index (χ1n) is 7.00. The molecule has 4 nitrogen and oxygen atoms in total. The molecule has 21 heavy (non-hydrogen) atoms. The van der Waals surface area contributed by atoms with Gasteiger partial charge in [0.1, 0.15) is 6.04 Å². The van der Waals surface area contributed by atoms with Crippen LogP contribution in [0.25, 0.3) is 0 Å². The predicted molar refractivity (Wildman–Crippen MR) is 78.2 cm³/mol. The Morgan fingerprint density at radius 1 is 1.10 bits per heavy atom. The van der Waals surface area contributed by atoms with Crippen LogP contribution in [0.1, 0.15) is 30.6 Å². The molecule has 0 saturated carbocycles. The van der Waals surface area contributed by atoms with Gasteiger partial charge in [-0.2, -0.15) is 0 Å². The van der Waals surface area contributed by atoms with Crippen LogP contribution in [-0.2, 0) is 9.59 Å². The van der Waals surface area contributed by atoms with Gasteiger partial charge in [0.15, 0.2) is 0 Å². The van der Waals surface area contributed by atoms with E-state index < -0.39 is 6.04 Å². The van der Waals surface area contributed by atoms with Gasteiger partial charge in [-0.05, 0) is 17.7 Å². The van der Waals surface area contributed by atoms with E-state index in [1.807, 2.05) is 48.5 Å². The first-order chi connectivity index (χ1) is 10.2. The number of hydrogen-bond donors (Lipinski definition) is 0. The number of amides is 2. The van der Waals surface area contributed by atoms with Crippen molar-refractivity contribution in [1.29, 1.82) is 0 Å². The molecule has 1 aliphatic heterocycles. The summed E-state index contributed by atoms with van der Waals surface area (Å²) in [6.45, 7) is 1.79. The van der Waals surface area contributed by atoms with Crippen LogP contribution in [0.5, 0.6) is 0 Å². The van der Waals surface area contributed by atoms with E-state index in [1.165, 1.54) is 4.90 Å². The molecular weight excluding hydrogens is 264 g/mol. The summed E-state index contributed by atoms with van der Waals surface area (Å²) in [7, 11) is 0. The summed E-state index contributed by atoms with van der Waals surface area (Å²) in [4.78, 5) is 30.4. The summed E-state index contributed by atoms with van der Waals surface area (Å²) in [5, 5.41) is 0. The van der Waals surface area contributed by atoms with Gasteiger partial charge in [0.25, 0.3) is 0 Å². The molecule has 1 aromatic carbocycles. The summed E-state index contributed by atoms with van der Waals surface area (Å²) >= 11 is 0. The van der Waals surface area contributed by atoms with Crippen LogP contribution in [0.3, 0.4) is 0 Å². The Labute approximate surface area is 123 Å². The average Bonchev–Trinajstić information content (AvgIpc) is 2.76. The van der Waals surface area contributed by atoms with Crippen LogP contribution in [0.4, 0.5) is 0 Å². The maximum Gasteiger partial charge on any atom is 0.233 e. The minimum Gasteiger partial charge on any atom is -0.274 e. The fourth-order valence-electron chi connectivity index (χ4n) is 2.70. The Morgan fingerprint density at radius 2 is 1.81 bits per heavy atom. The van der Waals surface area contributed by atoms with Crippen LogP contribution in [0.15, 0.2) is 54.7 Å². The minimum absolute atomic E-state index is 0.125. The van der Waals surface area contributed by atoms with Gasteiger partial charge in [0.05, 0.1) is 5.69 Å². The maximum atomic E-state index is 12.4. The van der Waals surface area contributed by atoms with Crippen LogP contribution in [-0.4, -0.2) is 21.7 Å². The zero-order chi connectivity index (χ0) is 14.8. The molecule has 0 bridgehead atoms. The monoisotopic (exact) mass is 280 g/mol. The molecule has 4 heteroatoms. The third-order valence-electron chi connectivity index (χ3n) is 3.75. The Hall–Kier alpha value is -2.49. The number of rotatable bonds is 3. The lowest BCUT2D eigenvalue weighted by atomic mass is 10.0. The van der Waals surface area contributed by atoms with Gasteiger partial charge in [-0.3, -0.25) is 19.5 Å². The van der Waals surface area contributed by atoms with Crippen molar-refractivity contribution in [3.8, 4) is 0 Å². The Morgan fingerprint density at radius 3 is 2.38 bits per heavy atom. The minimum atomic E-state index is -0.447. The smallest absolute Gasteiger partial charge is 0.233 e. The molecule has 1 aromatic heterocycles. The molecule has 3 rings (SSSR count). The van der Waals surface area contributed by atoms with E-state index >= 15 is 0 Å². The maximum absolute atomic E-state index is 12.4. The highest BCUT2D eigenvalue weighted by molar-refractivity contribution is 6.04. The van der Waals surface area contributed by atoms with Crippen molar-refractivity contribution in [1.82, 2.24) is 9.88 Å². The molecule has 0 N–H and O–H groups in total. The van der Waals surface area contributed by atoms with Crippen molar-refractivity contribution in [3.05, 3.63) is 66.0 Å². The number of nitrogens with zero attached hydrogens (tertiary/aromatic N) is 2. The van der Waals surface area contributed by atoms with Gasteiger partial charge in [-0.15, -0.1) is 0 Å². The quantitative estimate of drug-likeness (QED) is 0.812. The number of likely N-dealkylation sites (tertiary alicyclic amines) is 1. The summed E-state index contributed by atoms with van der Waals surface area (Å²) in [5.74, 6) is -0.515. The molecule has 2 atom stereocenters. The zero-order valence-corrected chi connectivity index (χ0v) is 11.8. The highest BCUT2D eigenvalue weighted by atomic mass is 16.2. The molecule has 0 spiro atoms. The fourth-order valence-corrected chi connectivity index (χ4v) is 2.70. The second-order valence-corrected chi connectivity index (χ2v) is 5.27. The molecular formula is C17H16N2O2. The second kappa shape index (κ2) is 5.48. The fraction of sp³-hybridized carbons (Fsp3) is 0.235. The highest BCUT2D eigenvalue weighted by Gasteiger charge is 2.41. The van der Waals surface area contributed by atoms with Crippen molar-refractivity contribution in [2.24, 2.45) is 5.92 Å². The van der Waals surface area contributed by atoms with Crippen molar-refractivity contribution in [2.45, 2.75) is 19.4 Å². The highest BCUT2D eigenvalue weighted by Crippen LogP contribution is 2.33. The van der Waals surface area contributed by atoms with Crippen molar-refractivity contribution >= 4 is 11.8 Å². The van der Waals surface area contributed by atoms with E-state index in [4.69, 9.17) is 0 Å². The van der Waals surface area contributed by atoms with E-state index in [0.29, 0.717) is 5.69 Å². The Kier molecular flexibility index (Phi) is 3.52. The van der Waals surface area contributed by atoms with E-state index in [2.05, 4.69) is 4.98 Å². The normalized spacial score (nSPS) is 19.9. The molecule has 0 radical (unpaired) electrons. The molecule has 1 aliphatic rings. The third-order valence-corrected chi connectivity index (χ3v) is 3.75. The van der Waals surface area contributed by atoms with Crippen LogP contribution in [0, 0.1) is 5.92 Å². The number of imide groups is 1. The van der Waals surface area contributed by atoms with E-state index in [1.54, 1.807) is 13.1 Å². The number of aromatic nitrogens is 1. The Bertz CT molecular complexity index is 616. The van der Waals surface area contributed by atoms with Crippen LogP contribution >= 0.6 is 0 Å². The molecule has 1 fully saturated rings. The van der Waals surface area contributed by atoms with Gasteiger partial charge in [0.2, 0.25) is 11.8 Å². The summed E-state index contributed by atoms with van der Waals surface area (Å²) in [6, 6.07) is 14.6. The van der Waals surface area contributed by atoms with E-state index in [-0.39, 0.29) is 24.2 Å². The van der Waals surface area contributed by atoms with Crippen molar-refractivity contribution in [2.75, 3.05) is 0 Å². The molecule has 1 saturated heterocycles. The van der Waals surface area contributed by atoms with Gasteiger partial charge < -0.3 is 0 Å². The van der Waals surface area contributed by atoms with Gasteiger partial charge in [-0.25, -0.2) is 0 Å². The molecule has 2 amide bonds. The lowest BCUT2D eigenvalue weighted by molar-refractivity contribution is -0.141. The van der Waals surface area contributed by atoms with Crippen molar-refractivity contribution < 1.29 is 9.59 Å². The molecule has 2 aromatic rings. The largest absolute Gasteiger partial charge is 0.274 e. The summed E-state index contributed by atoms with van der Waals surface area (Å²) in [5.41, 5.74) is 1.60. The van der Waals surface area contributed by atoms with Crippen molar-refractivity contribution in [3.63, 3.8) is 0 Å². The molecule has 106 valence electrons. The van der Waals surface area contributed by atoms with Crippen LogP contribution in [0.2, 0.25) is 0 Å².